The Bertz CT molecular complexity index is 145. The molecule has 2 nitrogen and oxygen atoms in total. The minimum Gasteiger partial charge on any atom is -0.328 e. The Kier molecular flexibility index (Phi) is 3.45. The molecule has 0 aromatic rings. The van der Waals surface area contributed by atoms with Gasteiger partial charge in [-0.2, -0.15) is 0 Å². The third-order valence-electron chi connectivity index (χ3n) is 4.30. The van der Waals surface area contributed by atoms with Crippen molar-refractivity contribution in [2.24, 2.45) is 23.3 Å². The molecule has 14 heavy (non-hydrogen) atoms. The van der Waals surface area contributed by atoms with Crippen molar-refractivity contribution in [3.8, 4) is 0 Å². The van der Waals surface area contributed by atoms with E-state index in [-0.39, 0.29) is 0 Å². The predicted molar refractivity (Wildman–Crippen MR) is 59.9 cm³/mol. The summed E-state index contributed by atoms with van der Waals surface area (Å²) >= 11 is 0. The van der Waals surface area contributed by atoms with Crippen LogP contribution in [-0.4, -0.2) is 12.1 Å². The quantitative estimate of drug-likeness (QED) is 0.674. The van der Waals surface area contributed by atoms with Crippen molar-refractivity contribution >= 4 is 0 Å². The first-order valence-electron chi connectivity index (χ1n) is 6.27. The standard InChI is InChI=1S/C12H24N2/c13-11-5-1-9(2-6-11)10-3-7-12(14)8-4-10/h9-12H,1-8,13-14H2. The van der Waals surface area contributed by atoms with Gasteiger partial charge in [0.25, 0.3) is 0 Å². The van der Waals surface area contributed by atoms with Gasteiger partial charge < -0.3 is 11.5 Å². The summed E-state index contributed by atoms with van der Waals surface area (Å²) in [6.45, 7) is 0. The first kappa shape index (κ1) is 10.4. The molecule has 4 N–H and O–H groups in total. The topological polar surface area (TPSA) is 52.0 Å². The Hall–Kier alpha value is -0.0800. The molecule has 0 amide bonds. The van der Waals surface area contributed by atoms with Crippen LogP contribution in [0.1, 0.15) is 51.4 Å². The molecule has 0 aliphatic heterocycles. The predicted octanol–water partition coefficient (Wildman–Crippen LogP) is 2.02. The highest BCUT2D eigenvalue weighted by molar-refractivity contribution is 4.83. The van der Waals surface area contributed by atoms with Crippen LogP contribution in [0.4, 0.5) is 0 Å². The molecule has 0 aromatic carbocycles. The van der Waals surface area contributed by atoms with Gasteiger partial charge in [0.15, 0.2) is 0 Å². The van der Waals surface area contributed by atoms with Gasteiger partial charge in [0.05, 0.1) is 0 Å². The van der Waals surface area contributed by atoms with Crippen molar-refractivity contribution in [3.63, 3.8) is 0 Å². The van der Waals surface area contributed by atoms with Crippen LogP contribution in [0.5, 0.6) is 0 Å². The maximum atomic E-state index is 5.93. The molecule has 0 saturated heterocycles. The highest BCUT2D eigenvalue weighted by Crippen LogP contribution is 2.37. The van der Waals surface area contributed by atoms with Gasteiger partial charge in [0.1, 0.15) is 0 Å². The van der Waals surface area contributed by atoms with Crippen molar-refractivity contribution in [2.45, 2.75) is 63.5 Å². The van der Waals surface area contributed by atoms with Gasteiger partial charge in [-0.3, -0.25) is 0 Å². The molecule has 0 bridgehead atoms. The SMILES string of the molecule is NC1CCC(C2CCC(N)CC2)CC1. The number of rotatable bonds is 1. The van der Waals surface area contributed by atoms with Gasteiger partial charge in [-0.25, -0.2) is 0 Å². The normalized spacial score (nSPS) is 45.0. The minimum absolute atomic E-state index is 0.497. The fourth-order valence-corrected chi connectivity index (χ4v) is 3.23. The van der Waals surface area contributed by atoms with Gasteiger partial charge in [0.2, 0.25) is 0 Å². The van der Waals surface area contributed by atoms with Crippen LogP contribution in [0.25, 0.3) is 0 Å². The van der Waals surface area contributed by atoms with Gasteiger partial charge in [-0.05, 0) is 63.2 Å². The Balaban J connectivity index is 1.78. The molecule has 2 aliphatic carbocycles. The first-order valence-corrected chi connectivity index (χ1v) is 6.27. The first-order chi connectivity index (χ1) is 6.75. The molecular weight excluding hydrogens is 172 g/mol. The van der Waals surface area contributed by atoms with E-state index >= 15 is 0 Å². The molecule has 0 heterocycles. The van der Waals surface area contributed by atoms with Crippen LogP contribution in [-0.2, 0) is 0 Å². The Morgan fingerprint density at radius 3 is 1.07 bits per heavy atom. The lowest BCUT2D eigenvalue weighted by atomic mass is 9.72. The fraction of sp³-hybridized carbons (Fsp3) is 1.00. The second-order valence-corrected chi connectivity index (χ2v) is 5.35. The van der Waals surface area contributed by atoms with Crippen molar-refractivity contribution in [2.75, 3.05) is 0 Å². The van der Waals surface area contributed by atoms with Crippen molar-refractivity contribution in [1.82, 2.24) is 0 Å². The molecule has 2 aliphatic rings. The van der Waals surface area contributed by atoms with Crippen LogP contribution < -0.4 is 11.5 Å². The average Bonchev–Trinajstić information content (AvgIpc) is 2.21. The summed E-state index contributed by atoms with van der Waals surface area (Å²) in [5.41, 5.74) is 11.9. The molecule has 82 valence electrons. The molecule has 2 heteroatoms. The van der Waals surface area contributed by atoms with Gasteiger partial charge in [-0.15, -0.1) is 0 Å². The van der Waals surface area contributed by atoms with E-state index in [2.05, 4.69) is 0 Å². The largest absolute Gasteiger partial charge is 0.328 e. The zero-order valence-electron chi connectivity index (χ0n) is 9.12. The summed E-state index contributed by atoms with van der Waals surface area (Å²) in [6, 6.07) is 0.995. The molecular formula is C12H24N2. The minimum atomic E-state index is 0.497. The molecule has 2 saturated carbocycles. The second-order valence-electron chi connectivity index (χ2n) is 5.35. The Morgan fingerprint density at radius 1 is 0.500 bits per heavy atom. The Labute approximate surface area is 87.4 Å². The van der Waals surface area contributed by atoms with E-state index in [0.717, 1.165) is 11.8 Å². The molecule has 2 fully saturated rings. The fourth-order valence-electron chi connectivity index (χ4n) is 3.23. The highest BCUT2D eigenvalue weighted by Gasteiger charge is 2.28. The molecule has 0 atom stereocenters. The number of hydrogen-bond acceptors (Lipinski definition) is 2. The van der Waals surface area contributed by atoms with E-state index in [1.807, 2.05) is 0 Å². The summed E-state index contributed by atoms with van der Waals surface area (Å²) in [4.78, 5) is 0. The summed E-state index contributed by atoms with van der Waals surface area (Å²) < 4.78 is 0. The lowest BCUT2D eigenvalue weighted by Gasteiger charge is -2.36. The van der Waals surface area contributed by atoms with E-state index < -0.39 is 0 Å². The summed E-state index contributed by atoms with van der Waals surface area (Å²) in [5, 5.41) is 0. The zero-order chi connectivity index (χ0) is 9.97. The smallest absolute Gasteiger partial charge is 0.00390 e. The summed E-state index contributed by atoms with van der Waals surface area (Å²) in [5.74, 6) is 1.95. The van der Waals surface area contributed by atoms with E-state index in [9.17, 15) is 0 Å². The van der Waals surface area contributed by atoms with Gasteiger partial charge in [-0.1, -0.05) is 0 Å². The number of hydrogen-bond donors (Lipinski definition) is 2. The molecule has 0 radical (unpaired) electrons. The van der Waals surface area contributed by atoms with Crippen molar-refractivity contribution < 1.29 is 0 Å². The van der Waals surface area contributed by atoms with E-state index in [4.69, 9.17) is 11.5 Å². The average molecular weight is 196 g/mol. The van der Waals surface area contributed by atoms with Gasteiger partial charge in [0, 0.05) is 12.1 Å². The monoisotopic (exact) mass is 196 g/mol. The summed E-state index contributed by atoms with van der Waals surface area (Å²) in [6.07, 6.45) is 10.5. The number of nitrogens with two attached hydrogens (primary N) is 2. The highest BCUT2D eigenvalue weighted by atomic mass is 14.6. The van der Waals surface area contributed by atoms with E-state index in [1.54, 1.807) is 0 Å². The Morgan fingerprint density at radius 2 is 0.786 bits per heavy atom. The molecule has 0 spiro atoms. The van der Waals surface area contributed by atoms with Crippen LogP contribution in [0.2, 0.25) is 0 Å². The molecule has 0 unspecified atom stereocenters. The maximum absolute atomic E-state index is 5.93. The second kappa shape index (κ2) is 4.63. The molecule has 2 rings (SSSR count). The summed E-state index contributed by atoms with van der Waals surface area (Å²) in [7, 11) is 0. The maximum Gasteiger partial charge on any atom is 0.00390 e. The van der Waals surface area contributed by atoms with Crippen molar-refractivity contribution in [3.05, 3.63) is 0 Å². The lowest BCUT2D eigenvalue weighted by Crippen LogP contribution is -2.33. The third kappa shape index (κ3) is 2.48. The van der Waals surface area contributed by atoms with E-state index in [1.165, 1.54) is 51.4 Å². The van der Waals surface area contributed by atoms with Crippen LogP contribution >= 0.6 is 0 Å². The van der Waals surface area contributed by atoms with E-state index in [0.29, 0.717) is 12.1 Å². The lowest BCUT2D eigenvalue weighted by molar-refractivity contribution is 0.178. The third-order valence-corrected chi connectivity index (χ3v) is 4.30. The zero-order valence-corrected chi connectivity index (χ0v) is 9.12. The van der Waals surface area contributed by atoms with Gasteiger partial charge >= 0.3 is 0 Å². The van der Waals surface area contributed by atoms with Crippen molar-refractivity contribution in [1.29, 1.82) is 0 Å². The van der Waals surface area contributed by atoms with Crippen LogP contribution in [0, 0.1) is 11.8 Å². The van der Waals surface area contributed by atoms with Crippen LogP contribution in [0.15, 0.2) is 0 Å². The van der Waals surface area contributed by atoms with Crippen LogP contribution in [0.3, 0.4) is 0 Å². The molecule has 0 aromatic heterocycles.